The zero-order valence-corrected chi connectivity index (χ0v) is 24.4. The third-order valence-electron chi connectivity index (χ3n) is 9.55. The first kappa shape index (κ1) is 24.8. The molecule has 7 rings (SSSR count). The molecule has 0 amide bonds. The van der Waals surface area contributed by atoms with E-state index in [2.05, 4.69) is 166 Å². The van der Waals surface area contributed by atoms with E-state index in [0.717, 1.165) is 6.04 Å². The van der Waals surface area contributed by atoms with Crippen molar-refractivity contribution in [1.29, 1.82) is 0 Å². The van der Waals surface area contributed by atoms with Crippen LogP contribution in [0.15, 0.2) is 151 Å². The van der Waals surface area contributed by atoms with Gasteiger partial charge in [0.1, 0.15) is 0 Å². The van der Waals surface area contributed by atoms with Gasteiger partial charge in [0, 0.05) is 10.1 Å². The van der Waals surface area contributed by atoms with Crippen molar-refractivity contribution in [1.82, 2.24) is 0 Å². The van der Waals surface area contributed by atoms with E-state index < -0.39 is 8.80 Å². The van der Waals surface area contributed by atoms with Crippen molar-refractivity contribution in [3.63, 3.8) is 0 Å². The second-order valence-electron chi connectivity index (χ2n) is 11.4. The van der Waals surface area contributed by atoms with Gasteiger partial charge in [-0.2, -0.15) is 0 Å². The molecule has 0 N–H and O–H groups in total. The summed E-state index contributed by atoms with van der Waals surface area (Å²) in [6.07, 6.45) is 4.96. The van der Waals surface area contributed by atoms with E-state index in [1.807, 2.05) is 0 Å². The molecular weight excluding hydrogens is 497 g/mol. The molecule has 0 saturated heterocycles. The number of hydrogen-bond acceptors (Lipinski definition) is 0. The van der Waals surface area contributed by atoms with Crippen molar-refractivity contribution in [2.24, 2.45) is 0 Å². The third kappa shape index (κ3) is 3.51. The Morgan fingerprint density at radius 3 is 1.27 bits per heavy atom. The van der Waals surface area contributed by atoms with Crippen molar-refractivity contribution in [3.05, 3.63) is 190 Å². The summed E-state index contributed by atoms with van der Waals surface area (Å²) in [6.45, 7) is 4.80. The van der Waals surface area contributed by atoms with Crippen molar-refractivity contribution < 1.29 is 0 Å². The highest BCUT2D eigenvalue weighted by atomic mass is 28.3. The van der Waals surface area contributed by atoms with Crippen LogP contribution in [0.4, 0.5) is 0 Å². The average molecular weight is 531 g/mol. The zero-order chi connectivity index (χ0) is 27.2. The maximum Gasteiger partial charge on any atom is 0.0858 e. The maximum absolute atomic E-state index is 2.48. The van der Waals surface area contributed by atoms with Gasteiger partial charge in [0.05, 0.1) is 8.80 Å². The number of fused-ring (bicyclic) bond motifs is 2. The molecule has 2 unspecified atom stereocenters. The van der Waals surface area contributed by atoms with Crippen LogP contribution in [-0.4, -0.2) is 8.80 Å². The SMILES string of the molecule is CC1=Cc2ccccc2C1(c1ccccc1)[SiH](Cc1ccccc1)C1(c2ccccc2)C(C)=Cc2ccccc21. The fourth-order valence-electron chi connectivity index (χ4n) is 8.06. The Morgan fingerprint density at radius 2 is 0.825 bits per heavy atom. The minimum Gasteiger partial charge on any atom is -0.0622 e. The lowest BCUT2D eigenvalue weighted by atomic mass is 9.86. The van der Waals surface area contributed by atoms with Gasteiger partial charge < -0.3 is 0 Å². The Labute approximate surface area is 240 Å². The van der Waals surface area contributed by atoms with E-state index in [0.29, 0.717) is 0 Å². The first-order chi connectivity index (χ1) is 19.7. The van der Waals surface area contributed by atoms with Gasteiger partial charge in [-0.25, -0.2) is 0 Å². The van der Waals surface area contributed by atoms with Crippen LogP contribution in [-0.2, 0) is 16.1 Å². The molecule has 5 aromatic carbocycles. The smallest absolute Gasteiger partial charge is 0.0622 e. The van der Waals surface area contributed by atoms with Gasteiger partial charge in [0.2, 0.25) is 0 Å². The van der Waals surface area contributed by atoms with Gasteiger partial charge in [0.15, 0.2) is 0 Å². The monoisotopic (exact) mass is 530 g/mol. The van der Waals surface area contributed by atoms with Crippen LogP contribution in [0, 0.1) is 0 Å². The highest BCUT2D eigenvalue weighted by molar-refractivity contribution is 6.69. The van der Waals surface area contributed by atoms with Crippen molar-refractivity contribution in [3.8, 4) is 0 Å². The number of allylic oxidation sites excluding steroid dienone is 2. The van der Waals surface area contributed by atoms with Crippen LogP contribution in [0.25, 0.3) is 12.2 Å². The molecule has 0 saturated carbocycles. The van der Waals surface area contributed by atoms with Crippen LogP contribution >= 0.6 is 0 Å². The Balaban J connectivity index is 1.64. The largest absolute Gasteiger partial charge is 0.0858 e. The summed E-state index contributed by atoms with van der Waals surface area (Å²) in [4.78, 5) is 0. The lowest BCUT2D eigenvalue weighted by Crippen LogP contribution is -2.59. The maximum atomic E-state index is 2.48. The standard InChI is InChI=1S/C39H34Si/c1-29-26-32-18-12-14-24-36(32)38(29,34-20-8-4-9-21-34)40(28-31-16-6-3-7-17-31)39(35-22-10-5-11-23-35)30(2)27-33-19-13-15-25-37(33)39/h3-27,40H,28H2,1-2H3. The van der Waals surface area contributed by atoms with E-state index >= 15 is 0 Å². The number of benzene rings is 5. The molecule has 2 atom stereocenters. The molecule has 194 valence electrons. The molecule has 0 spiro atoms. The van der Waals surface area contributed by atoms with Crippen LogP contribution in [0.3, 0.4) is 0 Å². The molecule has 5 aromatic rings. The van der Waals surface area contributed by atoms with Crippen LogP contribution in [0.5, 0.6) is 0 Å². The van der Waals surface area contributed by atoms with Gasteiger partial charge in [0.25, 0.3) is 0 Å². The number of hydrogen-bond donors (Lipinski definition) is 0. The summed E-state index contributed by atoms with van der Waals surface area (Å²) in [5, 5.41) is -0.369. The van der Waals surface area contributed by atoms with Gasteiger partial charge in [-0.3, -0.25) is 0 Å². The molecule has 0 radical (unpaired) electrons. The molecule has 0 fully saturated rings. The number of rotatable bonds is 6. The van der Waals surface area contributed by atoms with Gasteiger partial charge in [-0.15, -0.1) is 0 Å². The van der Waals surface area contributed by atoms with Crippen LogP contribution < -0.4 is 0 Å². The summed E-state index contributed by atoms with van der Waals surface area (Å²) >= 11 is 0. The fourth-order valence-corrected chi connectivity index (χ4v) is 13.8. The van der Waals surface area contributed by atoms with E-state index in [1.54, 1.807) is 0 Å². The predicted molar refractivity (Wildman–Crippen MR) is 172 cm³/mol. The average Bonchev–Trinajstić information content (AvgIpc) is 3.48. The normalized spacial score (nSPS) is 21.8. The van der Waals surface area contributed by atoms with Crippen LogP contribution in [0.1, 0.15) is 52.8 Å². The van der Waals surface area contributed by atoms with E-state index in [9.17, 15) is 0 Å². The third-order valence-corrected chi connectivity index (χ3v) is 14.7. The van der Waals surface area contributed by atoms with Gasteiger partial charge >= 0.3 is 0 Å². The lowest BCUT2D eigenvalue weighted by Gasteiger charge is -2.51. The second kappa shape index (κ2) is 9.77. The summed E-state index contributed by atoms with van der Waals surface area (Å²) in [6, 6.07) is 53.5. The Hall–Kier alpha value is -4.20. The summed E-state index contributed by atoms with van der Waals surface area (Å²) in [5.74, 6) is 0. The molecule has 0 aliphatic heterocycles. The van der Waals surface area contributed by atoms with E-state index in [-0.39, 0.29) is 10.1 Å². The van der Waals surface area contributed by atoms with Crippen molar-refractivity contribution >= 4 is 20.9 Å². The highest BCUT2D eigenvalue weighted by Gasteiger charge is 2.59. The summed E-state index contributed by atoms with van der Waals surface area (Å²) in [7, 11) is -2.02. The topological polar surface area (TPSA) is 0 Å². The van der Waals surface area contributed by atoms with Crippen molar-refractivity contribution in [2.75, 3.05) is 0 Å². The Bertz CT molecular complexity index is 1620. The van der Waals surface area contributed by atoms with Gasteiger partial charge in [-0.1, -0.05) is 168 Å². The predicted octanol–water partition coefficient (Wildman–Crippen LogP) is 8.88. The molecule has 2 aliphatic rings. The first-order valence-corrected chi connectivity index (χ1v) is 16.4. The summed E-state index contributed by atoms with van der Waals surface area (Å²) < 4.78 is 0. The van der Waals surface area contributed by atoms with Crippen LogP contribution in [0.2, 0.25) is 0 Å². The second-order valence-corrected chi connectivity index (χ2v) is 14.7. The van der Waals surface area contributed by atoms with E-state index in [1.165, 1.54) is 50.1 Å². The molecule has 0 aromatic heterocycles. The molecule has 0 nitrogen and oxygen atoms in total. The minimum atomic E-state index is -2.02. The molecule has 0 bridgehead atoms. The highest BCUT2D eigenvalue weighted by Crippen LogP contribution is 2.58. The first-order valence-electron chi connectivity index (χ1n) is 14.4. The Morgan fingerprint density at radius 1 is 0.450 bits per heavy atom. The fraction of sp³-hybridized carbons (Fsp3) is 0.128. The van der Waals surface area contributed by atoms with Crippen molar-refractivity contribution in [2.45, 2.75) is 30.0 Å². The molecule has 0 heterocycles. The lowest BCUT2D eigenvalue weighted by molar-refractivity contribution is 0.737. The summed E-state index contributed by atoms with van der Waals surface area (Å²) in [5.41, 5.74) is 12.9. The van der Waals surface area contributed by atoms with E-state index in [4.69, 9.17) is 0 Å². The van der Waals surface area contributed by atoms with Gasteiger partial charge in [-0.05, 0) is 53.3 Å². The zero-order valence-electron chi connectivity index (χ0n) is 23.2. The Kier molecular flexibility index (Phi) is 6.06. The molecule has 1 heteroatoms. The quantitative estimate of drug-likeness (QED) is 0.192. The molecule has 2 aliphatic carbocycles. The minimum absolute atomic E-state index is 0.184. The molecular formula is C39H34Si. The molecule has 40 heavy (non-hydrogen) atoms.